The standard InChI is InChI=1S/C14H14FNO2S/c1-3-9(2)16-13(17)12(19-14(16)18)8-10-4-6-11(15)7-5-10/h4-9H,3H2,1-2H3/b12-8+/t9-/m1/s1. The minimum absolute atomic E-state index is 0.105. The van der Waals surface area contributed by atoms with Crippen molar-refractivity contribution >= 4 is 29.0 Å². The molecule has 5 heteroatoms. The van der Waals surface area contributed by atoms with Crippen LogP contribution in [0.25, 0.3) is 6.08 Å². The van der Waals surface area contributed by atoms with Gasteiger partial charge in [-0.15, -0.1) is 0 Å². The second-order valence-corrected chi connectivity index (χ2v) is 5.35. The van der Waals surface area contributed by atoms with Gasteiger partial charge in [0, 0.05) is 6.04 Å². The number of carbonyl (C=O) groups excluding carboxylic acids is 2. The van der Waals surface area contributed by atoms with E-state index in [2.05, 4.69) is 0 Å². The number of carbonyl (C=O) groups is 2. The van der Waals surface area contributed by atoms with E-state index < -0.39 is 0 Å². The van der Waals surface area contributed by atoms with Crippen molar-refractivity contribution in [3.05, 3.63) is 40.6 Å². The number of nitrogens with zero attached hydrogens (tertiary/aromatic N) is 1. The van der Waals surface area contributed by atoms with Gasteiger partial charge in [-0.05, 0) is 48.9 Å². The van der Waals surface area contributed by atoms with Gasteiger partial charge in [0.2, 0.25) is 0 Å². The molecule has 1 heterocycles. The molecule has 19 heavy (non-hydrogen) atoms. The summed E-state index contributed by atoms with van der Waals surface area (Å²) in [6.07, 6.45) is 2.34. The van der Waals surface area contributed by atoms with Gasteiger partial charge >= 0.3 is 0 Å². The summed E-state index contributed by atoms with van der Waals surface area (Å²) < 4.78 is 12.8. The van der Waals surface area contributed by atoms with E-state index in [0.717, 1.165) is 18.2 Å². The number of hydrogen-bond donors (Lipinski definition) is 0. The lowest BCUT2D eigenvalue weighted by Gasteiger charge is -2.19. The smallest absolute Gasteiger partial charge is 0.268 e. The minimum Gasteiger partial charge on any atom is -0.268 e. The van der Waals surface area contributed by atoms with Crippen LogP contribution in [0.3, 0.4) is 0 Å². The molecule has 1 atom stereocenters. The second-order valence-electron chi connectivity index (χ2n) is 4.36. The lowest BCUT2D eigenvalue weighted by molar-refractivity contribution is -0.124. The molecule has 2 rings (SSSR count). The van der Waals surface area contributed by atoms with E-state index in [-0.39, 0.29) is 23.0 Å². The van der Waals surface area contributed by atoms with Crippen LogP contribution in [0.1, 0.15) is 25.8 Å². The average Bonchev–Trinajstić information content (AvgIpc) is 2.66. The van der Waals surface area contributed by atoms with E-state index >= 15 is 0 Å². The first-order valence-electron chi connectivity index (χ1n) is 6.05. The summed E-state index contributed by atoms with van der Waals surface area (Å²) in [5, 5.41) is -0.243. The maximum Gasteiger partial charge on any atom is 0.293 e. The van der Waals surface area contributed by atoms with E-state index in [0.29, 0.717) is 10.5 Å². The van der Waals surface area contributed by atoms with Crippen molar-refractivity contribution in [2.75, 3.05) is 0 Å². The van der Waals surface area contributed by atoms with Crippen molar-refractivity contribution in [3.63, 3.8) is 0 Å². The summed E-state index contributed by atoms with van der Waals surface area (Å²) in [4.78, 5) is 25.6. The first-order chi connectivity index (χ1) is 9.02. The fraction of sp³-hybridized carbons (Fsp3) is 0.286. The third-order valence-electron chi connectivity index (χ3n) is 3.02. The Kier molecular flexibility index (Phi) is 4.04. The first kappa shape index (κ1) is 13.8. The van der Waals surface area contributed by atoms with Crippen LogP contribution >= 0.6 is 11.8 Å². The number of amides is 2. The Hall–Kier alpha value is -1.62. The molecule has 0 N–H and O–H groups in total. The van der Waals surface area contributed by atoms with E-state index in [1.165, 1.54) is 17.0 Å². The van der Waals surface area contributed by atoms with E-state index in [1.54, 1.807) is 18.2 Å². The van der Waals surface area contributed by atoms with Gasteiger partial charge in [-0.25, -0.2) is 4.39 Å². The topological polar surface area (TPSA) is 37.4 Å². The number of halogens is 1. The molecule has 3 nitrogen and oxygen atoms in total. The molecular weight excluding hydrogens is 265 g/mol. The van der Waals surface area contributed by atoms with Gasteiger partial charge in [0.1, 0.15) is 5.82 Å². The number of hydrogen-bond acceptors (Lipinski definition) is 3. The van der Waals surface area contributed by atoms with Crippen molar-refractivity contribution in [1.82, 2.24) is 4.90 Å². The zero-order valence-electron chi connectivity index (χ0n) is 10.7. The molecular formula is C14H14FNO2S. The summed E-state index contributed by atoms with van der Waals surface area (Å²) in [7, 11) is 0. The van der Waals surface area contributed by atoms with Crippen molar-refractivity contribution in [1.29, 1.82) is 0 Å². The van der Waals surface area contributed by atoms with Crippen LogP contribution in [0.15, 0.2) is 29.2 Å². The molecule has 1 aliphatic rings. The zero-order valence-corrected chi connectivity index (χ0v) is 11.5. The Balaban J connectivity index is 2.25. The van der Waals surface area contributed by atoms with Crippen LogP contribution in [0.2, 0.25) is 0 Å². The van der Waals surface area contributed by atoms with Crippen LogP contribution in [-0.2, 0) is 4.79 Å². The summed E-state index contributed by atoms with van der Waals surface area (Å²) in [5.41, 5.74) is 0.705. The van der Waals surface area contributed by atoms with Crippen LogP contribution in [0.4, 0.5) is 9.18 Å². The summed E-state index contributed by atoms with van der Waals surface area (Å²) >= 11 is 0.929. The maximum atomic E-state index is 12.8. The van der Waals surface area contributed by atoms with Gasteiger partial charge in [-0.1, -0.05) is 19.1 Å². The molecule has 0 aliphatic carbocycles. The second kappa shape index (κ2) is 5.57. The molecule has 100 valence electrons. The molecule has 1 aliphatic heterocycles. The molecule has 0 bridgehead atoms. The largest absolute Gasteiger partial charge is 0.293 e. The van der Waals surface area contributed by atoms with Gasteiger partial charge < -0.3 is 0 Å². The van der Waals surface area contributed by atoms with Crippen molar-refractivity contribution < 1.29 is 14.0 Å². The molecule has 1 aromatic rings. The Bertz CT molecular complexity index is 539. The third kappa shape index (κ3) is 2.87. The maximum absolute atomic E-state index is 12.8. The lowest BCUT2D eigenvalue weighted by atomic mass is 10.2. The molecule has 1 aromatic carbocycles. The highest BCUT2D eigenvalue weighted by atomic mass is 32.2. The number of rotatable bonds is 3. The molecule has 0 saturated carbocycles. The molecule has 0 aromatic heterocycles. The quantitative estimate of drug-likeness (QED) is 0.792. The molecule has 0 spiro atoms. The third-order valence-corrected chi connectivity index (χ3v) is 3.91. The average molecular weight is 279 g/mol. The molecule has 1 saturated heterocycles. The molecule has 1 fully saturated rings. The van der Waals surface area contributed by atoms with Gasteiger partial charge in [0.05, 0.1) is 4.91 Å². The van der Waals surface area contributed by atoms with Crippen LogP contribution in [0.5, 0.6) is 0 Å². The fourth-order valence-corrected chi connectivity index (χ4v) is 2.68. The van der Waals surface area contributed by atoms with E-state index in [1.807, 2.05) is 13.8 Å². The summed E-state index contributed by atoms with van der Waals surface area (Å²) in [6, 6.07) is 5.70. The van der Waals surface area contributed by atoms with Gasteiger partial charge in [0.25, 0.3) is 11.1 Å². The van der Waals surface area contributed by atoms with Crippen LogP contribution < -0.4 is 0 Å². The highest BCUT2D eigenvalue weighted by molar-refractivity contribution is 8.18. The Labute approximate surface area is 115 Å². The molecule has 0 unspecified atom stereocenters. The monoisotopic (exact) mass is 279 g/mol. The number of benzene rings is 1. The van der Waals surface area contributed by atoms with E-state index in [4.69, 9.17) is 0 Å². The van der Waals surface area contributed by atoms with Crippen molar-refractivity contribution in [3.8, 4) is 0 Å². The minimum atomic E-state index is -0.329. The summed E-state index contributed by atoms with van der Waals surface area (Å²) in [6.45, 7) is 3.77. The van der Waals surface area contributed by atoms with Crippen LogP contribution in [0, 0.1) is 5.82 Å². The predicted octanol–water partition coefficient (Wildman–Crippen LogP) is 3.66. The molecule has 0 radical (unpaired) electrons. The Morgan fingerprint density at radius 3 is 2.53 bits per heavy atom. The first-order valence-corrected chi connectivity index (χ1v) is 6.87. The highest BCUT2D eigenvalue weighted by Crippen LogP contribution is 2.34. The van der Waals surface area contributed by atoms with Gasteiger partial charge in [0.15, 0.2) is 0 Å². The highest BCUT2D eigenvalue weighted by Gasteiger charge is 2.37. The van der Waals surface area contributed by atoms with Gasteiger partial charge in [-0.3, -0.25) is 14.5 Å². The lowest BCUT2D eigenvalue weighted by Crippen LogP contribution is -2.36. The number of thioether (sulfide) groups is 1. The van der Waals surface area contributed by atoms with E-state index in [9.17, 15) is 14.0 Å². The fourth-order valence-electron chi connectivity index (χ4n) is 1.75. The van der Waals surface area contributed by atoms with Crippen molar-refractivity contribution in [2.24, 2.45) is 0 Å². The predicted molar refractivity (Wildman–Crippen MR) is 74.0 cm³/mol. The summed E-state index contributed by atoms with van der Waals surface area (Å²) in [5.74, 6) is -0.599. The Morgan fingerprint density at radius 1 is 1.32 bits per heavy atom. The number of imide groups is 1. The normalized spacial score (nSPS) is 19.3. The zero-order chi connectivity index (χ0) is 14.0. The van der Waals surface area contributed by atoms with Crippen LogP contribution in [-0.4, -0.2) is 22.1 Å². The van der Waals surface area contributed by atoms with Gasteiger partial charge in [-0.2, -0.15) is 0 Å². The molecule has 2 amide bonds. The van der Waals surface area contributed by atoms with Crippen molar-refractivity contribution in [2.45, 2.75) is 26.3 Å². The SMILES string of the molecule is CC[C@@H](C)N1C(=O)S/C(=C/c2ccc(F)cc2)C1=O. The Morgan fingerprint density at radius 2 is 1.95 bits per heavy atom.